The highest BCUT2D eigenvalue weighted by molar-refractivity contribution is 5.67. The summed E-state index contributed by atoms with van der Waals surface area (Å²) >= 11 is 0. The number of aliphatic carboxylic acids is 1. The van der Waals surface area contributed by atoms with Crippen molar-refractivity contribution in [3.8, 4) is 0 Å². The lowest BCUT2D eigenvalue weighted by molar-refractivity contribution is -0.289. The summed E-state index contributed by atoms with van der Waals surface area (Å²) in [6, 6.07) is 7.74. The van der Waals surface area contributed by atoms with Crippen molar-refractivity contribution < 1.29 is 45.0 Å². The Labute approximate surface area is 221 Å². The number of carbonyl (C=O) groups is 1. The molecule has 0 bridgehead atoms. The monoisotopic (exact) mass is 565 g/mol. The quantitative estimate of drug-likeness (QED) is 0.309. The molecule has 1 fully saturated rings. The van der Waals surface area contributed by atoms with Gasteiger partial charge in [0, 0.05) is 24.1 Å². The van der Waals surface area contributed by atoms with Gasteiger partial charge in [-0.05, 0) is 67.3 Å². The van der Waals surface area contributed by atoms with Crippen LogP contribution in [-0.2, 0) is 16.9 Å². The van der Waals surface area contributed by atoms with Gasteiger partial charge >= 0.3 is 24.2 Å². The van der Waals surface area contributed by atoms with Crippen LogP contribution in [-0.4, -0.2) is 28.7 Å². The SMILES string of the molecule is CC(C)CC[C@H](c1ccc(C(F)(F)C(F)(F)F)cc1)N1CC[C@@H](CC(=O)O)CC1c1ccc(C(F)(F)F)cc1. The van der Waals surface area contributed by atoms with Crippen LogP contribution in [0.25, 0.3) is 0 Å². The van der Waals surface area contributed by atoms with Crippen molar-refractivity contribution in [3.63, 3.8) is 0 Å². The summed E-state index contributed by atoms with van der Waals surface area (Å²) in [5.74, 6) is -5.99. The molecule has 3 nitrogen and oxygen atoms in total. The van der Waals surface area contributed by atoms with Gasteiger partial charge in [0.05, 0.1) is 5.56 Å². The molecule has 0 saturated carbocycles. The largest absolute Gasteiger partial charge is 0.481 e. The first-order chi connectivity index (χ1) is 18.0. The minimum absolute atomic E-state index is 0.108. The Morgan fingerprint density at radius 1 is 0.897 bits per heavy atom. The Morgan fingerprint density at radius 3 is 1.95 bits per heavy atom. The molecule has 3 atom stereocenters. The maximum atomic E-state index is 13.9. The first-order valence-electron chi connectivity index (χ1n) is 12.7. The molecular formula is C28H31F8NO2. The zero-order valence-corrected chi connectivity index (χ0v) is 21.5. The molecular weight excluding hydrogens is 534 g/mol. The molecule has 2 aromatic carbocycles. The zero-order chi connectivity index (χ0) is 29.2. The van der Waals surface area contributed by atoms with Gasteiger partial charge < -0.3 is 5.11 Å². The Balaban J connectivity index is 2.01. The van der Waals surface area contributed by atoms with E-state index in [2.05, 4.69) is 0 Å². The van der Waals surface area contributed by atoms with Crippen molar-refractivity contribution in [2.24, 2.45) is 11.8 Å². The van der Waals surface area contributed by atoms with Crippen LogP contribution in [0.2, 0.25) is 0 Å². The van der Waals surface area contributed by atoms with Crippen LogP contribution < -0.4 is 0 Å². The molecule has 1 unspecified atom stereocenters. The van der Waals surface area contributed by atoms with Crippen LogP contribution in [0.3, 0.4) is 0 Å². The summed E-state index contributed by atoms with van der Waals surface area (Å²) in [6.45, 7) is 4.35. The third-order valence-electron chi connectivity index (χ3n) is 7.27. The lowest BCUT2D eigenvalue weighted by Crippen LogP contribution is -2.40. The van der Waals surface area contributed by atoms with Gasteiger partial charge in [-0.15, -0.1) is 0 Å². The number of piperidine rings is 1. The van der Waals surface area contributed by atoms with Crippen molar-refractivity contribution in [2.45, 2.75) is 76.3 Å². The highest BCUT2D eigenvalue weighted by atomic mass is 19.4. The Morgan fingerprint density at radius 2 is 1.46 bits per heavy atom. The van der Waals surface area contributed by atoms with E-state index in [1.165, 1.54) is 24.3 Å². The molecule has 1 saturated heterocycles. The summed E-state index contributed by atoms with van der Waals surface area (Å²) in [4.78, 5) is 13.4. The van der Waals surface area contributed by atoms with Crippen molar-refractivity contribution in [2.75, 3.05) is 6.54 Å². The number of carboxylic acids is 1. The molecule has 1 aliphatic heterocycles. The number of nitrogens with zero attached hydrogens (tertiary/aromatic N) is 1. The van der Waals surface area contributed by atoms with Crippen LogP contribution in [0.4, 0.5) is 35.1 Å². The van der Waals surface area contributed by atoms with Crippen LogP contribution >= 0.6 is 0 Å². The predicted molar refractivity (Wildman–Crippen MR) is 129 cm³/mol. The summed E-state index contributed by atoms with van der Waals surface area (Å²) in [7, 11) is 0. The molecule has 3 rings (SSSR count). The third-order valence-corrected chi connectivity index (χ3v) is 7.27. The number of rotatable bonds is 9. The van der Waals surface area contributed by atoms with Crippen molar-refractivity contribution in [3.05, 3.63) is 70.8 Å². The normalized spacial score (nSPS) is 20.3. The number of benzene rings is 2. The number of hydrogen-bond donors (Lipinski definition) is 1. The molecule has 0 aromatic heterocycles. The van der Waals surface area contributed by atoms with Crippen LogP contribution in [0, 0.1) is 11.8 Å². The molecule has 0 amide bonds. The minimum Gasteiger partial charge on any atom is -0.481 e. The fraction of sp³-hybridized carbons (Fsp3) is 0.536. The number of carboxylic acid groups (broad SMARTS) is 1. The van der Waals surface area contributed by atoms with Crippen LogP contribution in [0.5, 0.6) is 0 Å². The Hall–Kier alpha value is -2.69. The smallest absolute Gasteiger partial charge is 0.458 e. The van der Waals surface area contributed by atoms with E-state index in [9.17, 15) is 45.0 Å². The number of alkyl halides is 8. The van der Waals surface area contributed by atoms with E-state index in [1.807, 2.05) is 18.7 Å². The highest BCUT2D eigenvalue weighted by Crippen LogP contribution is 2.46. The molecule has 1 aliphatic rings. The number of hydrogen-bond acceptors (Lipinski definition) is 2. The van der Waals surface area contributed by atoms with Gasteiger partial charge in [0.15, 0.2) is 0 Å². The molecule has 0 radical (unpaired) electrons. The summed E-state index contributed by atoms with van der Waals surface area (Å²) in [6.07, 6.45) is -8.33. The standard InChI is InChI=1S/C28H31F8NO2/c1-17(2)3-12-23(19-4-8-21(9-5-19)26(29,30)28(34,35)36)37-14-13-18(16-25(38)39)15-24(37)20-6-10-22(11-7-20)27(31,32)33/h4-11,17-18,23-24H,3,12-16H2,1-2H3,(H,38,39)/t18-,23-,24?/m1/s1. The van der Waals surface area contributed by atoms with Crippen LogP contribution in [0.1, 0.15) is 80.3 Å². The summed E-state index contributed by atoms with van der Waals surface area (Å²) in [5.41, 5.74) is -0.951. The van der Waals surface area contributed by atoms with E-state index in [4.69, 9.17) is 0 Å². The molecule has 0 spiro atoms. The lowest BCUT2D eigenvalue weighted by atomic mass is 9.82. The fourth-order valence-corrected chi connectivity index (χ4v) is 5.18. The molecule has 11 heteroatoms. The maximum absolute atomic E-state index is 13.9. The summed E-state index contributed by atoms with van der Waals surface area (Å²) < 4.78 is 106. The van der Waals surface area contributed by atoms with Gasteiger partial charge in [-0.3, -0.25) is 9.69 Å². The number of halogens is 8. The van der Waals surface area contributed by atoms with Crippen LogP contribution in [0.15, 0.2) is 48.5 Å². The van der Waals surface area contributed by atoms with E-state index in [0.29, 0.717) is 43.4 Å². The van der Waals surface area contributed by atoms with Gasteiger partial charge in [0.25, 0.3) is 0 Å². The molecule has 216 valence electrons. The van der Waals surface area contributed by atoms with Gasteiger partial charge in [-0.25, -0.2) is 0 Å². The molecule has 1 N–H and O–H groups in total. The van der Waals surface area contributed by atoms with E-state index in [0.717, 1.165) is 24.3 Å². The second-order valence-corrected chi connectivity index (χ2v) is 10.5. The van der Waals surface area contributed by atoms with Gasteiger partial charge in [0.1, 0.15) is 0 Å². The van der Waals surface area contributed by atoms with Crippen molar-refractivity contribution in [1.82, 2.24) is 4.90 Å². The molecule has 1 heterocycles. The zero-order valence-electron chi connectivity index (χ0n) is 21.5. The second kappa shape index (κ2) is 11.8. The average Bonchev–Trinajstić information content (AvgIpc) is 2.83. The van der Waals surface area contributed by atoms with Crippen molar-refractivity contribution >= 4 is 5.97 Å². The van der Waals surface area contributed by atoms with E-state index < -0.39 is 47.5 Å². The molecule has 39 heavy (non-hydrogen) atoms. The third kappa shape index (κ3) is 7.49. The maximum Gasteiger partial charge on any atom is 0.458 e. The highest BCUT2D eigenvalue weighted by Gasteiger charge is 2.58. The van der Waals surface area contributed by atoms with Gasteiger partial charge in [-0.2, -0.15) is 35.1 Å². The number of likely N-dealkylation sites (tertiary alicyclic amines) is 1. The molecule has 0 aliphatic carbocycles. The fourth-order valence-electron chi connectivity index (χ4n) is 5.18. The molecule has 2 aromatic rings. The van der Waals surface area contributed by atoms with E-state index in [1.54, 1.807) is 0 Å². The lowest BCUT2D eigenvalue weighted by Gasteiger charge is -2.44. The first-order valence-corrected chi connectivity index (χ1v) is 12.7. The Bertz CT molecular complexity index is 1090. The van der Waals surface area contributed by atoms with E-state index >= 15 is 0 Å². The minimum atomic E-state index is -5.74. The average molecular weight is 566 g/mol. The first kappa shape index (κ1) is 30.8. The second-order valence-electron chi connectivity index (χ2n) is 10.5. The Kier molecular flexibility index (Phi) is 9.35. The van der Waals surface area contributed by atoms with E-state index in [-0.39, 0.29) is 18.3 Å². The topological polar surface area (TPSA) is 40.5 Å². The van der Waals surface area contributed by atoms with Gasteiger partial charge in [-0.1, -0.05) is 50.2 Å². The van der Waals surface area contributed by atoms with Gasteiger partial charge in [0.2, 0.25) is 0 Å². The van der Waals surface area contributed by atoms with Crippen molar-refractivity contribution in [1.29, 1.82) is 0 Å². The predicted octanol–water partition coefficient (Wildman–Crippen LogP) is 8.76. The summed E-state index contributed by atoms with van der Waals surface area (Å²) in [5, 5.41) is 9.32.